The summed E-state index contributed by atoms with van der Waals surface area (Å²) in [5.41, 5.74) is 1.39. The van der Waals surface area contributed by atoms with Gasteiger partial charge in [0.1, 0.15) is 11.8 Å². The number of ether oxygens (including phenoxy) is 2. The van der Waals surface area contributed by atoms with Crippen LogP contribution in [0.2, 0.25) is 0 Å². The average Bonchev–Trinajstić information content (AvgIpc) is 2.80. The van der Waals surface area contributed by atoms with E-state index >= 15 is 0 Å². The Morgan fingerprint density at radius 3 is 2.35 bits per heavy atom. The molecule has 0 saturated carbocycles. The smallest absolute Gasteiger partial charge is 0.335 e. The maximum Gasteiger partial charge on any atom is 0.335 e. The minimum Gasteiger partial charge on any atom is -0.497 e. The average molecular weight is 416 g/mol. The molecule has 3 aromatic carbocycles. The van der Waals surface area contributed by atoms with E-state index in [1.807, 2.05) is 6.07 Å². The van der Waals surface area contributed by atoms with Gasteiger partial charge in [0.2, 0.25) is 5.91 Å². The highest BCUT2D eigenvalue weighted by Crippen LogP contribution is 2.36. The summed E-state index contributed by atoms with van der Waals surface area (Å²) >= 11 is 0. The molecule has 0 spiro atoms. The van der Waals surface area contributed by atoms with E-state index in [2.05, 4.69) is 5.32 Å². The first-order valence-electron chi connectivity index (χ1n) is 9.70. The largest absolute Gasteiger partial charge is 0.497 e. The van der Waals surface area contributed by atoms with Gasteiger partial charge in [0.25, 0.3) is 5.91 Å². The second kappa shape index (κ2) is 8.71. The van der Waals surface area contributed by atoms with Crippen LogP contribution < -0.4 is 19.7 Å². The van der Waals surface area contributed by atoms with E-state index in [1.165, 1.54) is 12.0 Å². The number of carbonyl (C=O) groups excluding carboxylic acids is 3. The number of methoxy groups -OCH3 is 1. The van der Waals surface area contributed by atoms with Crippen LogP contribution in [-0.4, -0.2) is 30.9 Å². The number of esters is 1. The minimum atomic E-state index is -1.10. The topological polar surface area (TPSA) is 84.9 Å². The van der Waals surface area contributed by atoms with E-state index in [0.717, 1.165) is 0 Å². The molecule has 3 aromatic rings. The summed E-state index contributed by atoms with van der Waals surface area (Å²) in [6, 6.07) is 21.1. The van der Waals surface area contributed by atoms with Crippen LogP contribution in [0.5, 0.6) is 11.5 Å². The lowest BCUT2D eigenvalue weighted by molar-refractivity contribution is -0.138. The predicted molar refractivity (Wildman–Crippen MR) is 115 cm³/mol. The van der Waals surface area contributed by atoms with Gasteiger partial charge >= 0.3 is 5.97 Å². The fraction of sp³-hybridized carbons (Fsp3) is 0.125. The van der Waals surface area contributed by atoms with Gasteiger partial charge in [-0.1, -0.05) is 30.3 Å². The van der Waals surface area contributed by atoms with E-state index in [9.17, 15) is 14.4 Å². The number of nitrogens with zero attached hydrogens (tertiary/aromatic N) is 1. The molecule has 0 radical (unpaired) electrons. The molecule has 1 aliphatic rings. The number of carbonyl (C=O) groups is 3. The van der Waals surface area contributed by atoms with Gasteiger partial charge in [0, 0.05) is 11.3 Å². The molecule has 1 atom stereocenters. The lowest BCUT2D eigenvalue weighted by Crippen LogP contribution is -2.51. The highest BCUT2D eigenvalue weighted by molar-refractivity contribution is 6.13. The molecule has 0 fully saturated rings. The Hall–Kier alpha value is -4.13. The zero-order valence-corrected chi connectivity index (χ0v) is 16.8. The Morgan fingerprint density at radius 1 is 0.968 bits per heavy atom. The lowest BCUT2D eigenvalue weighted by Gasteiger charge is -2.35. The molecule has 7 heteroatoms. The molecular weight excluding hydrogens is 396 g/mol. The summed E-state index contributed by atoms with van der Waals surface area (Å²) in [4.78, 5) is 40.2. The fourth-order valence-corrected chi connectivity index (χ4v) is 3.40. The van der Waals surface area contributed by atoms with Crippen LogP contribution in [0.4, 0.5) is 11.4 Å². The second-order valence-corrected chi connectivity index (χ2v) is 6.93. The van der Waals surface area contributed by atoms with Crippen LogP contribution in [0.3, 0.4) is 0 Å². The van der Waals surface area contributed by atoms with Gasteiger partial charge in [0.05, 0.1) is 19.2 Å². The number of para-hydroxylation sites is 3. The number of hydrogen-bond acceptors (Lipinski definition) is 5. The van der Waals surface area contributed by atoms with Gasteiger partial charge in [-0.3, -0.25) is 14.5 Å². The Kier molecular flexibility index (Phi) is 5.66. The normalized spacial score (nSPS) is 14.9. The highest BCUT2D eigenvalue weighted by atomic mass is 16.5. The van der Waals surface area contributed by atoms with Crippen molar-refractivity contribution in [3.05, 3.63) is 84.4 Å². The monoisotopic (exact) mass is 416 g/mol. The van der Waals surface area contributed by atoms with Crippen molar-refractivity contribution in [1.82, 2.24) is 0 Å². The maximum absolute atomic E-state index is 13.4. The van der Waals surface area contributed by atoms with E-state index in [0.29, 0.717) is 22.7 Å². The van der Waals surface area contributed by atoms with Gasteiger partial charge in [-0.05, 0) is 48.5 Å². The van der Waals surface area contributed by atoms with Crippen molar-refractivity contribution in [3.63, 3.8) is 0 Å². The van der Waals surface area contributed by atoms with E-state index in [1.54, 1.807) is 72.8 Å². The van der Waals surface area contributed by atoms with Crippen LogP contribution in [-0.2, 0) is 9.59 Å². The third kappa shape index (κ3) is 4.25. The molecule has 0 aromatic heterocycles. The first kappa shape index (κ1) is 20.2. The molecule has 0 saturated heterocycles. The first-order valence-corrected chi connectivity index (χ1v) is 9.70. The number of nitrogens with one attached hydrogen (secondary N) is 1. The van der Waals surface area contributed by atoms with Crippen molar-refractivity contribution in [2.24, 2.45) is 0 Å². The fourth-order valence-electron chi connectivity index (χ4n) is 3.40. The minimum absolute atomic E-state index is 0.246. The number of amides is 2. The maximum atomic E-state index is 13.4. The van der Waals surface area contributed by atoms with Gasteiger partial charge in [0.15, 0.2) is 5.75 Å². The number of benzene rings is 3. The third-order valence-corrected chi connectivity index (χ3v) is 4.91. The van der Waals surface area contributed by atoms with Crippen LogP contribution in [0.1, 0.15) is 16.8 Å². The number of anilines is 2. The number of fused-ring (bicyclic) bond motifs is 1. The molecule has 1 unspecified atom stereocenters. The molecule has 0 bridgehead atoms. The van der Waals surface area contributed by atoms with Crippen molar-refractivity contribution in [2.75, 3.05) is 17.3 Å². The second-order valence-electron chi connectivity index (χ2n) is 6.93. The molecule has 156 valence electrons. The molecule has 1 heterocycles. The molecule has 0 aliphatic carbocycles. The molecule has 4 rings (SSSR count). The van der Waals surface area contributed by atoms with Gasteiger partial charge in [-0.25, -0.2) is 4.79 Å². The Bertz CT molecular complexity index is 1110. The van der Waals surface area contributed by atoms with Crippen molar-refractivity contribution >= 4 is 29.2 Å². The summed E-state index contributed by atoms with van der Waals surface area (Å²) in [7, 11) is 1.54. The third-order valence-electron chi connectivity index (χ3n) is 4.91. The zero-order chi connectivity index (χ0) is 21.8. The summed E-state index contributed by atoms with van der Waals surface area (Å²) in [5.74, 6) is -0.601. The van der Waals surface area contributed by atoms with Gasteiger partial charge in [-0.15, -0.1) is 0 Å². The highest BCUT2D eigenvalue weighted by Gasteiger charge is 2.40. The molecule has 1 N–H and O–H groups in total. The first-order chi connectivity index (χ1) is 15.1. The zero-order valence-electron chi connectivity index (χ0n) is 16.8. The van der Waals surface area contributed by atoms with Crippen molar-refractivity contribution < 1.29 is 23.9 Å². The standard InChI is InChI=1S/C24H20N2O5/c1-30-18-13-11-16(12-14-18)23(28)26-19-9-5-6-10-21(19)31-24(29)20(26)15-22(27)25-17-7-3-2-4-8-17/h2-14,20H,15H2,1H3,(H,25,27). The van der Waals surface area contributed by atoms with E-state index in [-0.39, 0.29) is 12.2 Å². The van der Waals surface area contributed by atoms with Crippen LogP contribution >= 0.6 is 0 Å². The van der Waals surface area contributed by atoms with Crippen LogP contribution in [0.25, 0.3) is 0 Å². The molecule has 7 nitrogen and oxygen atoms in total. The summed E-state index contributed by atoms with van der Waals surface area (Å²) in [6.07, 6.45) is -0.246. The number of rotatable bonds is 5. The quantitative estimate of drug-likeness (QED) is 0.507. The molecule has 1 aliphatic heterocycles. The van der Waals surface area contributed by atoms with Crippen LogP contribution in [0.15, 0.2) is 78.9 Å². The van der Waals surface area contributed by atoms with Gasteiger partial charge < -0.3 is 14.8 Å². The molecule has 2 amide bonds. The predicted octanol–water partition coefficient (Wildman–Crippen LogP) is 3.66. The SMILES string of the molecule is COc1ccc(C(=O)N2c3ccccc3OC(=O)C2CC(=O)Nc2ccccc2)cc1. The number of hydrogen-bond donors (Lipinski definition) is 1. The van der Waals surface area contributed by atoms with E-state index < -0.39 is 23.8 Å². The summed E-state index contributed by atoms with van der Waals surface area (Å²) < 4.78 is 10.6. The van der Waals surface area contributed by atoms with Gasteiger partial charge in [-0.2, -0.15) is 0 Å². The summed E-state index contributed by atoms with van der Waals surface area (Å²) in [6.45, 7) is 0. The molecular formula is C24H20N2O5. The van der Waals surface area contributed by atoms with Crippen molar-refractivity contribution in [1.29, 1.82) is 0 Å². The molecule has 31 heavy (non-hydrogen) atoms. The van der Waals surface area contributed by atoms with Crippen molar-refractivity contribution in [2.45, 2.75) is 12.5 Å². The lowest BCUT2D eigenvalue weighted by atomic mass is 10.0. The van der Waals surface area contributed by atoms with Crippen molar-refractivity contribution in [3.8, 4) is 11.5 Å². The summed E-state index contributed by atoms with van der Waals surface area (Å²) in [5, 5.41) is 2.75. The Labute approximate surface area is 179 Å². The van der Waals surface area contributed by atoms with Crippen LogP contribution in [0, 0.1) is 0 Å². The Morgan fingerprint density at radius 2 is 1.65 bits per heavy atom. The van der Waals surface area contributed by atoms with E-state index in [4.69, 9.17) is 9.47 Å². The Balaban J connectivity index is 1.65.